The molecule has 2 unspecified atom stereocenters. The molecule has 0 aliphatic carbocycles. The average molecular weight is 354 g/mol. The summed E-state index contributed by atoms with van der Waals surface area (Å²) in [5.41, 5.74) is 8.27. The maximum absolute atomic E-state index is 5.20. The molecule has 9 heteroatoms. The maximum atomic E-state index is 5.20. The lowest BCUT2D eigenvalue weighted by molar-refractivity contribution is 0.171. The van der Waals surface area contributed by atoms with Gasteiger partial charge in [-0.15, -0.1) is 0 Å². The molecule has 0 amide bonds. The number of hydrogen-bond acceptors (Lipinski definition) is 8. The summed E-state index contributed by atoms with van der Waals surface area (Å²) in [4.78, 5) is 13.4. The highest BCUT2D eigenvalue weighted by molar-refractivity contribution is 5.88. The van der Waals surface area contributed by atoms with Gasteiger partial charge in [-0.05, 0) is 18.6 Å². The predicted octanol–water partition coefficient (Wildman–Crippen LogP) is 0.719. The van der Waals surface area contributed by atoms with E-state index in [1.165, 1.54) is 0 Å². The fourth-order valence-electron chi connectivity index (χ4n) is 3.15. The summed E-state index contributed by atoms with van der Waals surface area (Å²) in [5, 5.41) is 8.68. The van der Waals surface area contributed by atoms with E-state index in [0.717, 1.165) is 35.4 Å². The van der Waals surface area contributed by atoms with E-state index < -0.39 is 0 Å². The van der Waals surface area contributed by atoms with Gasteiger partial charge in [0.15, 0.2) is 11.5 Å². The first-order chi connectivity index (χ1) is 12.7. The Balaban J connectivity index is 1.58. The number of methoxy groups -OCH3 is 1. The van der Waals surface area contributed by atoms with Crippen molar-refractivity contribution in [3.63, 3.8) is 0 Å². The molecule has 2 atom stereocenters. The summed E-state index contributed by atoms with van der Waals surface area (Å²) in [5.74, 6) is 1.44. The van der Waals surface area contributed by atoms with Gasteiger partial charge in [0.05, 0.1) is 18.2 Å². The molecule has 0 spiro atoms. The van der Waals surface area contributed by atoms with Gasteiger partial charge in [0.2, 0.25) is 0 Å². The Hall–Kier alpha value is -2.62. The zero-order valence-corrected chi connectivity index (χ0v) is 14.8. The number of hydrazine groups is 1. The third-order valence-corrected chi connectivity index (χ3v) is 4.47. The van der Waals surface area contributed by atoms with Crippen LogP contribution in [0.5, 0.6) is 0 Å². The fraction of sp³-hybridized carbons (Fsp3) is 0.412. The predicted molar refractivity (Wildman–Crippen MR) is 98.4 cm³/mol. The Morgan fingerprint density at radius 3 is 2.85 bits per heavy atom. The van der Waals surface area contributed by atoms with Crippen LogP contribution in [0.15, 0.2) is 30.7 Å². The number of aryl methyl sites for hydroxylation is 1. The molecule has 0 aromatic carbocycles. The Labute approximate surface area is 151 Å². The lowest BCUT2D eigenvalue weighted by Gasteiger charge is -2.13. The van der Waals surface area contributed by atoms with Crippen LogP contribution in [-0.2, 0) is 11.8 Å². The highest BCUT2D eigenvalue weighted by atomic mass is 16.5. The van der Waals surface area contributed by atoms with Gasteiger partial charge in [0.25, 0.3) is 0 Å². The number of pyridine rings is 1. The molecule has 4 heterocycles. The van der Waals surface area contributed by atoms with Gasteiger partial charge in [0, 0.05) is 50.7 Å². The molecule has 1 saturated heterocycles. The van der Waals surface area contributed by atoms with Crippen LogP contribution >= 0.6 is 0 Å². The van der Waals surface area contributed by atoms with Crippen molar-refractivity contribution in [1.82, 2.24) is 35.6 Å². The zero-order valence-electron chi connectivity index (χ0n) is 14.8. The Morgan fingerprint density at radius 2 is 2.04 bits per heavy atom. The Kier molecular flexibility index (Phi) is 4.74. The summed E-state index contributed by atoms with van der Waals surface area (Å²) in [6, 6.07) is 4.42. The summed E-state index contributed by atoms with van der Waals surface area (Å²) in [6.07, 6.45) is 6.26. The molecule has 3 N–H and O–H groups in total. The van der Waals surface area contributed by atoms with Crippen LogP contribution in [0.4, 0.5) is 5.82 Å². The molecule has 1 aliphatic rings. The third kappa shape index (κ3) is 3.36. The highest BCUT2D eigenvalue weighted by Gasteiger charge is 2.23. The fourth-order valence-corrected chi connectivity index (χ4v) is 3.15. The summed E-state index contributed by atoms with van der Waals surface area (Å²) < 4.78 is 6.96. The average Bonchev–Trinajstić information content (AvgIpc) is 3.28. The number of hydrogen-bond donors (Lipinski definition) is 3. The van der Waals surface area contributed by atoms with Crippen LogP contribution in [0.1, 0.15) is 6.42 Å². The van der Waals surface area contributed by atoms with Crippen LogP contribution < -0.4 is 16.2 Å². The number of nitrogens with zero attached hydrogens (tertiary/aromatic N) is 5. The molecular formula is C17H22N8O. The number of anilines is 1. The zero-order chi connectivity index (χ0) is 17.9. The molecule has 0 bridgehead atoms. The van der Waals surface area contributed by atoms with Gasteiger partial charge < -0.3 is 10.1 Å². The maximum Gasteiger partial charge on any atom is 0.164 e. The van der Waals surface area contributed by atoms with E-state index in [4.69, 9.17) is 9.72 Å². The largest absolute Gasteiger partial charge is 0.383 e. The number of aromatic nitrogens is 5. The molecule has 4 rings (SSSR count). The Bertz CT molecular complexity index is 881. The van der Waals surface area contributed by atoms with Crippen molar-refractivity contribution in [2.45, 2.75) is 18.5 Å². The third-order valence-electron chi connectivity index (χ3n) is 4.47. The molecule has 3 aromatic rings. The second-order valence-corrected chi connectivity index (χ2v) is 6.39. The summed E-state index contributed by atoms with van der Waals surface area (Å²) in [7, 11) is 3.60. The highest BCUT2D eigenvalue weighted by Crippen LogP contribution is 2.24. The molecule has 1 aliphatic heterocycles. The van der Waals surface area contributed by atoms with E-state index in [1.807, 2.05) is 19.2 Å². The van der Waals surface area contributed by atoms with Gasteiger partial charge >= 0.3 is 0 Å². The first-order valence-electron chi connectivity index (χ1n) is 8.58. The first-order valence-corrected chi connectivity index (χ1v) is 8.58. The van der Waals surface area contributed by atoms with Crippen molar-refractivity contribution in [3.05, 3.63) is 30.7 Å². The van der Waals surface area contributed by atoms with E-state index in [9.17, 15) is 0 Å². The van der Waals surface area contributed by atoms with Gasteiger partial charge in [-0.1, -0.05) is 0 Å². The van der Waals surface area contributed by atoms with Crippen molar-refractivity contribution in [2.75, 3.05) is 25.6 Å². The van der Waals surface area contributed by atoms with Crippen molar-refractivity contribution < 1.29 is 4.74 Å². The van der Waals surface area contributed by atoms with E-state index in [2.05, 4.69) is 31.2 Å². The van der Waals surface area contributed by atoms with Gasteiger partial charge in [-0.3, -0.25) is 20.5 Å². The number of fused-ring (bicyclic) bond motifs is 1. The van der Waals surface area contributed by atoms with E-state index in [-0.39, 0.29) is 0 Å². The van der Waals surface area contributed by atoms with Gasteiger partial charge in [-0.25, -0.2) is 9.97 Å². The van der Waals surface area contributed by atoms with Crippen LogP contribution in [-0.4, -0.2) is 57.1 Å². The molecule has 9 nitrogen and oxygen atoms in total. The Morgan fingerprint density at radius 1 is 1.23 bits per heavy atom. The number of nitrogens with one attached hydrogen (secondary N) is 3. The molecule has 136 valence electrons. The van der Waals surface area contributed by atoms with Crippen molar-refractivity contribution in [1.29, 1.82) is 0 Å². The lowest BCUT2D eigenvalue weighted by atomic mass is 10.1. The monoisotopic (exact) mass is 354 g/mol. The van der Waals surface area contributed by atoms with Crippen molar-refractivity contribution in [2.24, 2.45) is 7.05 Å². The molecule has 3 aromatic heterocycles. The molecule has 0 saturated carbocycles. The molecule has 1 fully saturated rings. The smallest absolute Gasteiger partial charge is 0.164 e. The van der Waals surface area contributed by atoms with Crippen LogP contribution in [0, 0.1) is 0 Å². The number of ether oxygens (including phenoxy) is 1. The van der Waals surface area contributed by atoms with Crippen molar-refractivity contribution in [3.8, 4) is 11.4 Å². The second-order valence-electron chi connectivity index (χ2n) is 6.39. The van der Waals surface area contributed by atoms with E-state index in [1.54, 1.807) is 30.4 Å². The number of rotatable bonds is 6. The van der Waals surface area contributed by atoms with Crippen molar-refractivity contribution >= 4 is 16.9 Å². The standard InChI is InChI=1S/C17H22N8O/c1-25-17-14(9-20-25)16(19-8-12-7-13(10-26-2)24-23-12)21-15(22-17)11-3-5-18-6-4-11/h3-6,9,12-13,23-24H,7-8,10H2,1-2H3,(H,19,21,22). The van der Waals surface area contributed by atoms with Crippen LogP contribution in [0.2, 0.25) is 0 Å². The van der Waals surface area contributed by atoms with E-state index in [0.29, 0.717) is 24.5 Å². The van der Waals surface area contributed by atoms with Gasteiger partial charge in [0.1, 0.15) is 5.82 Å². The molecule has 0 radical (unpaired) electrons. The summed E-state index contributed by atoms with van der Waals surface area (Å²) in [6.45, 7) is 1.43. The normalized spacial score (nSPS) is 19.9. The summed E-state index contributed by atoms with van der Waals surface area (Å²) >= 11 is 0. The van der Waals surface area contributed by atoms with E-state index >= 15 is 0 Å². The quantitative estimate of drug-likeness (QED) is 0.595. The minimum Gasteiger partial charge on any atom is -0.383 e. The van der Waals surface area contributed by atoms with Crippen LogP contribution in [0.3, 0.4) is 0 Å². The SMILES string of the molecule is COCC1CC(CNc2nc(-c3ccncc3)nc3c2cnn3C)NN1. The first kappa shape index (κ1) is 16.8. The molecule has 26 heavy (non-hydrogen) atoms. The second kappa shape index (κ2) is 7.32. The topological polar surface area (TPSA) is 102 Å². The lowest BCUT2D eigenvalue weighted by Crippen LogP contribution is -2.37. The molecular weight excluding hydrogens is 332 g/mol. The minimum atomic E-state index is 0.293. The van der Waals surface area contributed by atoms with Crippen LogP contribution in [0.25, 0.3) is 22.4 Å². The van der Waals surface area contributed by atoms with Gasteiger partial charge in [-0.2, -0.15) is 5.10 Å². The minimum absolute atomic E-state index is 0.293.